The van der Waals surface area contributed by atoms with Crippen LogP contribution in [0.4, 0.5) is 0 Å². The van der Waals surface area contributed by atoms with E-state index in [2.05, 4.69) is 0 Å². The lowest BCUT2D eigenvalue weighted by atomic mass is 10.2. The summed E-state index contributed by atoms with van der Waals surface area (Å²) in [4.78, 5) is 11.4. The van der Waals surface area contributed by atoms with E-state index in [0.29, 0.717) is 6.67 Å². The second-order valence-electron chi connectivity index (χ2n) is 2.85. The van der Waals surface area contributed by atoms with E-state index in [9.17, 15) is 4.79 Å². The molecule has 0 saturated carbocycles. The van der Waals surface area contributed by atoms with Crippen LogP contribution in [0.25, 0.3) is 10.9 Å². The van der Waals surface area contributed by atoms with E-state index in [1.54, 1.807) is 6.20 Å². The van der Waals surface area contributed by atoms with Gasteiger partial charge in [0.2, 0.25) is 0 Å². The average molecular weight is 174 g/mol. The highest BCUT2D eigenvalue weighted by Gasteiger charge is 1.98. The summed E-state index contributed by atoms with van der Waals surface area (Å²) in [5, 5.41) is 0.718. The van der Waals surface area contributed by atoms with Gasteiger partial charge >= 0.3 is 0 Å². The fourth-order valence-electron chi connectivity index (χ4n) is 1.42. The van der Waals surface area contributed by atoms with Gasteiger partial charge in [-0.2, -0.15) is 0 Å². The second kappa shape index (κ2) is 3.03. The molecule has 0 bridgehead atoms. The highest BCUT2D eigenvalue weighted by atomic mass is 16.1. The van der Waals surface area contributed by atoms with Crippen molar-refractivity contribution in [3.8, 4) is 0 Å². The molecule has 2 N–H and O–H groups in total. The Balaban J connectivity index is 2.93. The van der Waals surface area contributed by atoms with Crippen LogP contribution in [0.15, 0.2) is 41.3 Å². The van der Waals surface area contributed by atoms with E-state index in [4.69, 9.17) is 5.73 Å². The number of rotatable bonds is 1. The molecule has 0 unspecified atom stereocenters. The number of para-hydroxylation sites is 1. The molecule has 3 heteroatoms. The van der Waals surface area contributed by atoms with Gasteiger partial charge in [0.15, 0.2) is 5.43 Å². The van der Waals surface area contributed by atoms with E-state index in [1.165, 1.54) is 6.07 Å². The number of fused-ring (bicyclic) bond motifs is 1. The molecule has 3 nitrogen and oxygen atoms in total. The van der Waals surface area contributed by atoms with Crippen LogP contribution < -0.4 is 11.2 Å². The Hall–Kier alpha value is -1.61. The van der Waals surface area contributed by atoms with Crippen molar-refractivity contribution in [3.05, 3.63) is 46.8 Å². The molecule has 2 rings (SSSR count). The van der Waals surface area contributed by atoms with Crippen LogP contribution in [0.3, 0.4) is 0 Å². The highest BCUT2D eigenvalue weighted by Crippen LogP contribution is 2.07. The number of nitrogens with two attached hydrogens (primary N) is 1. The molecule has 0 spiro atoms. The largest absolute Gasteiger partial charge is 0.334 e. The van der Waals surface area contributed by atoms with Gasteiger partial charge in [0.05, 0.1) is 12.2 Å². The average Bonchev–Trinajstić information content (AvgIpc) is 2.19. The zero-order valence-electron chi connectivity index (χ0n) is 7.10. The molecule has 1 aromatic carbocycles. The smallest absolute Gasteiger partial charge is 0.189 e. The van der Waals surface area contributed by atoms with Gasteiger partial charge in [-0.15, -0.1) is 0 Å². The molecule has 0 aliphatic rings. The molecule has 1 aromatic heterocycles. The maximum atomic E-state index is 11.4. The van der Waals surface area contributed by atoms with Gasteiger partial charge in [0.1, 0.15) is 0 Å². The Kier molecular flexibility index (Phi) is 1.87. The van der Waals surface area contributed by atoms with Crippen molar-refractivity contribution in [2.45, 2.75) is 6.67 Å². The van der Waals surface area contributed by atoms with Crippen molar-refractivity contribution >= 4 is 10.9 Å². The zero-order chi connectivity index (χ0) is 9.26. The SMILES string of the molecule is NCn1ccc(=O)c2ccccc21. The van der Waals surface area contributed by atoms with Gasteiger partial charge in [-0.1, -0.05) is 12.1 Å². The van der Waals surface area contributed by atoms with Crippen LogP contribution >= 0.6 is 0 Å². The first-order valence-corrected chi connectivity index (χ1v) is 4.11. The van der Waals surface area contributed by atoms with E-state index in [-0.39, 0.29) is 5.43 Å². The lowest BCUT2D eigenvalue weighted by Crippen LogP contribution is -2.12. The molecule has 13 heavy (non-hydrogen) atoms. The van der Waals surface area contributed by atoms with Crippen LogP contribution in [0.1, 0.15) is 0 Å². The normalized spacial score (nSPS) is 10.5. The molecule has 0 amide bonds. The fraction of sp³-hybridized carbons (Fsp3) is 0.100. The van der Waals surface area contributed by atoms with Gasteiger partial charge in [0, 0.05) is 17.6 Å². The lowest BCUT2D eigenvalue weighted by Gasteiger charge is -2.06. The minimum absolute atomic E-state index is 0.0419. The molecule has 0 fully saturated rings. The third kappa shape index (κ3) is 1.23. The molecule has 0 radical (unpaired) electrons. The number of hydrogen-bond acceptors (Lipinski definition) is 2. The third-order valence-corrected chi connectivity index (χ3v) is 2.08. The van der Waals surface area contributed by atoms with Crippen LogP contribution in [-0.4, -0.2) is 4.57 Å². The predicted molar refractivity (Wildman–Crippen MR) is 52.4 cm³/mol. The predicted octanol–water partition coefficient (Wildman–Crippen LogP) is 0.918. The van der Waals surface area contributed by atoms with E-state index in [0.717, 1.165) is 10.9 Å². The lowest BCUT2D eigenvalue weighted by molar-refractivity contribution is 0.755. The minimum Gasteiger partial charge on any atom is -0.334 e. The number of aromatic nitrogens is 1. The van der Waals surface area contributed by atoms with Crippen LogP contribution in [0.5, 0.6) is 0 Å². The summed E-state index contributed by atoms with van der Waals surface area (Å²) in [7, 11) is 0. The third-order valence-electron chi connectivity index (χ3n) is 2.08. The molecule has 0 atom stereocenters. The van der Waals surface area contributed by atoms with Gasteiger partial charge in [0.25, 0.3) is 0 Å². The molecule has 2 aromatic rings. The first-order chi connectivity index (χ1) is 6.33. The maximum absolute atomic E-state index is 11.4. The van der Waals surface area contributed by atoms with E-state index < -0.39 is 0 Å². The van der Waals surface area contributed by atoms with E-state index in [1.807, 2.05) is 28.8 Å². The number of hydrogen-bond donors (Lipinski definition) is 1. The summed E-state index contributed by atoms with van der Waals surface area (Å²) < 4.78 is 1.84. The number of nitrogens with zero attached hydrogens (tertiary/aromatic N) is 1. The molecular formula is C10H10N2O. The molecule has 66 valence electrons. The van der Waals surface area contributed by atoms with Gasteiger partial charge < -0.3 is 10.3 Å². The van der Waals surface area contributed by atoms with Crippen molar-refractivity contribution in [2.75, 3.05) is 0 Å². The van der Waals surface area contributed by atoms with E-state index >= 15 is 0 Å². The van der Waals surface area contributed by atoms with Gasteiger partial charge in [-0.3, -0.25) is 4.79 Å². The Bertz CT molecular complexity index is 487. The zero-order valence-corrected chi connectivity index (χ0v) is 7.10. The molecular weight excluding hydrogens is 164 g/mol. The van der Waals surface area contributed by atoms with Crippen molar-refractivity contribution in [1.29, 1.82) is 0 Å². The number of benzene rings is 1. The topological polar surface area (TPSA) is 48.0 Å². The Labute approximate surface area is 75.4 Å². The first kappa shape index (κ1) is 8.01. The molecule has 1 heterocycles. The van der Waals surface area contributed by atoms with Gasteiger partial charge in [-0.25, -0.2) is 0 Å². The summed E-state index contributed by atoms with van der Waals surface area (Å²) in [5.74, 6) is 0. The van der Waals surface area contributed by atoms with Crippen molar-refractivity contribution in [3.63, 3.8) is 0 Å². The quantitative estimate of drug-likeness (QED) is 0.698. The summed E-state index contributed by atoms with van der Waals surface area (Å²) in [6, 6.07) is 8.99. The Morgan fingerprint density at radius 3 is 2.77 bits per heavy atom. The summed E-state index contributed by atoms with van der Waals surface area (Å²) >= 11 is 0. The summed E-state index contributed by atoms with van der Waals surface area (Å²) in [6.45, 7) is 0.390. The maximum Gasteiger partial charge on any atom is 0.189 e. The Morgan fingerprint density at radius 2 is 2.00 bits per heavy atom. The summed E-state index contributed by atoms with van der Waals surface area (Å²) in [6.07, 6.45) is 1.71. The van der Waals surface area contributed by atoms with Gasteiger partial charge in [-0.05, 0) is 12.1 Å². The Morgan fingerprint density at radius 1 is 1.23 bits per heavy atom. The second-order valence-corrected chi connectivity index (χ2v) is 2.85. The number of pyridine rings is 1. The minimum atomic E-state index is 0.0419. The molecule has 0 saturated heterocycles. The van der Waals surface area contributed by atoms with Crippen molar-refractivity contribution in [1.82, 2.24) is 4.57 Å². The first-order valence-electron chi connectivity index (χ1n) is 4.11. The molecule has 0 aliphatic carbocycles. The fourth-order valence-corrected chi connectivity index (χ4v) is 1.42. The van der Waals surface area contributed by atoms with Crippen molar-refractivity contribution < 1.29 is 0 Å². The van der Waals surface area contributed by atoms with Crippen molar-refractivity contribution in [2.24, 2.45) is 5.73 Å². The monoisotopic (exact) mass is 174 g/mol. The standard InChI is InChI=1S/C10H10N2O/c11-7-12-6-5-10(13)8-3-1-2-4-9(8)12/h1-6H,7,11H2. The molecule has 0 aliphatic heterocycles. The summed E-state index contributed by atoms with van der Waals surface area (Å²) in [5.41, 5.74) is 6.46. The van der Waals surface area contributed by atoms with Crippen LogP contribution in [0, 0.1) is 0 Å². The van der Waals surface area contributed by atoms with Crippen LogP contribution in [0.2, 0.25) is 0 Å². The highest BCUT2D eigenvalue weighted by molar-refractivity contribution is 5.78. The van der Waals surface area contributed by atoms with Crippen LogP contribution in [-0.2, 0) is 6.67 Å².